The van der Waals surface area contributed by atoms with Crippen LogP contribution < -0.4 is 5.32 Å². The van der Waals surface area contributed by atoms with Gasteiger partial charge in [-0.2, -0.15) is 0 Å². The summed E-state index contributed by atoms with van der Waals surface area (Å²) in [5.41, 5.74) is -0.904. The fourth-order valence-corrected chi connectivity index (χ4v) is 2.64. The number of anilines is 1. The number of hydrogen-bond acceptors (Lipinski definition) is 3. The average Bonchev–Trinajstić information content (AvgIpc) is 2.62. The van der Waals surface area contributed by atoms with Crippen LogP contribution in [0.4, 0.5) is 5.82 Å². The first kappa shape index (κ1) is 16.2. The van der Waals surface area contributed by atoms with E-state index in [9.17, 15) is 9.90 Å². The average molecular weight is 339 g/mol. The highest BCUT2D eigenvalue weighted by molar-refractivity contribution is 6.29. The molecule has 0 atom stereocenters. The number of amides is 1. The van der Waals surface area contributed by atoms with Crippen molar-refractivity contribution in [2.45, 2.75) is 5.60 Å². The molecule has 0 bridgehead atoms. The minimum absolute atomic E-state index is 0.260. The second-order valence-corrected chi connectivity index (χ2v) is 5.63. The number of carbonyl (C=O) groups excluding carboxylic acids is 1. The highest BCUT2D eigenvalue weighted by Crippen LogP contribution is 2.31. The van der Waals surface area contributed by atoms with Crippen LogP contribution in [0, 0.1) is 0 Å². The van der Waals surface area contributed by atoms with E-state index in [1.165, 1.54) is 0 Å². The van der Waals surface area contributed by atoms with E-state index in [0.29, 0.717) is 11.1 Å². The third kappa shape index (κ3) is 3.15. The van der Waals surface area contributed by atoms with Gasteiger partial charge in [0.1, 0.15) is 11.0 Å². The molecule has 0 radical (unpaired) electrons. The fourth-order valence-electron chi connectivity index (χ4n) is 2.47. The smallest absolute Gasteiger partial charge is 0.266 e. The van der Waals surface area contributed by atoms with E-state index in [4.69, 9.17) is 11.6 Å². The van der Waals surface area contributed by atoms with E-state index in [1.54, 1.807) is 66.7 Å². The molecule has 0 fully saturated rings. The Hall–Kier alpha value is -2.69. The number of rotatable bonds is 4. The van der Waals surface area contributed by atoms with Gasteiger partial charge in [-0.15, -0.1) is 0 Å². The predicted molar refractivity (Wildman–Crippen MR) is 93.8 cm³/mol. The van der Waals surface area contributed by atoms with Gasteiger partial charge in [0, 0.05) is 0 Å². The lowest BCUT2D eigenvalue weighted by Gasteiger charge is -2.27. The summed E-state index contributed by atoms with van der Waals surface area (Å²) in [5, 5.41) is 14.2. The normalized spacial score (nSPS) is 11.1. The van der Waals surface area contributed by atoms with E-state index >= 15 is 0 Å². The largest absolute Gasteiger partial charge is 0.372 e. The first-order chi connectivity index (χ1) is 11.6. The van der Waals surface area contributed by atoms with Crippen LogP contribution in [0.1, 0.15) is 11.1 Å². The molecular weight excluding hydrogens is 324 g/mol. The van der Waals surface area contributed by atoms with Crippen molar-refractivity contribution in [3.8, 4) is 0 Å². The van der Waals surface area contributed by atoms with Gasteiger partial charge in [-0.25, -0.2) is 4.98 Å². The molecule has 0 saturated heterocycles. The molecule has 3 aromatic rings. The summed E-state index contributed by atoms with van der Waals surface area (Å²) in [5.74, 6) is -0.326. The molecular formula is C19H15ClN2O2. The zero-order valence-electron chi connectivity index (χ0n) is 12.7. The van der Waals surface area contributed by atoms with Gasteiger partial charge in [-0.1, -0.05) is 78.3 Å². The molecule has 3 rings (SSSR count). The number of benzene rings is 2. The third-order valence-electron chi connectivity index (χ3n) is 3.67. The van der Waals surface area contributed by atoms with E-state index in [2.05, 4.69) is 10.3 Å². The Balaban J connectivity index is 2.03. The van der Waals surface area contributed by atoms with Crippen molar-refractivity contribution >= 4 is 23.3 Å². The van der Waals surface area contributed by atoms with Crippen LogP contribution in [-0.4, -0.2) is 16.0 Å². The predicted octanol–water partition coefficient (Wildman–Crippen LogP) is 3.61. The standard InChI is InChI=1S/C19H15ClN2O2/c20-16-12-7-13-17(21-16)22-18(23)19(24,14-8-3-1-4-9-14)15-10-5-2-6-11-15/h1-13,24H,(H,21,22,23). The molecule has 0 spiro atoms. The summed E-state index contributed by atoms with van der Waals surface area (Å²) in [7, 11) is 0. The Bertz CT molecular complexity index is 799. The number of hydrogen-bond donors (Lipinski definition) is 2. The van der Waals surface area contributed by atoms with Crippen LogP contribution in [-0.2, 0) is 10.4 Å². The number of aromatic nitrogens is 1. The van der Waals surface area contributed by atoms with E-state index in [1.807, 2.05) is 12.1 Å². The summed E-state index contributed by atoms with van der Waals surface area (Å²) in [6.45, 7) is 0. The monoisotopic (exact) mass is 338 g/mol. The second kappa shape index (κ2) is 6.83. The molecule has 2 aromatic carbocycles. The van der Waals surface area contributed by atoms with Crippen molar-refractivity contribution in [3.05, 3.63) is 95.1 Å². The van der Waals surface area contributed by atoms with Gasteiger partial charge in [0.05, 0.1) is 0 Å². The van der Waals surface area contributed by atoms with Crippen LogP contribution in [0.2, 0.25) is 5.15 Å². The highest BCUT2D eigenvalue weighted by Gasteiger charge is 2.40. The fraction of sp³-hybridized carbons (Fsp3) is 0.0526. The second-order valence-electron chi connectivity index (χ2n) is 5.24. The Kier molecular flexibility index (Phi) is 4.60. The van der Waals surface area contributed by atoms with Gasteiger partial charge in [0.15, 0.2) is 5.60 Å². The van der Waals surface area contributed by atoms with Crippen LogP contribution >= 0.6 is 11.6 Å². The van der Waals surface area contributed by atoms with Crippen molar-refractivity contribution in [2.75, 3.05) is 5.32 Å². The van der Waals surface area contributed by atoms with Gasteiger partial charge >= 0.3 is 0 Å². The number of nitrogens with one attached hydrogen (secondary N) is 1. The Morgan fingerprint density at radius 2 is 1.42 bits per heavy atom. The number of carbonyl (C=O) groups is 1. The SMILES string of the molecule is O=C(Nc1cccc(Cl)n1)C(O)(c1ccccc1)c1ccccc1. The lowest BCUT2D eigenvalue weighted by Crippen LogP contribution is -2.41. The molecule has 4 nitrogen and oxygen atoms in total. The summed E-state index contributed by atoms with van der Waals surface area (Å²) in [6, 6.07) is 22.5. The van der Waals surface area contributed by atoms with Crippen LogP contribution in [0.5, 0.6) is 0 Å². The number of aliphatic hydroxyl groups is 1. The molecule has 120 valence electrons. The summed E-state index contributed by atoms with van der Waals surface area (Å²) < 4.78 is 0. The van der Waals surface area contributed by atoms with Crippen molar-refractivity contribution in [1.29, 1.82) is 0 Å². The van der Waals surface area contributed by atoms with Crippen molar-refractivity contribution in [1.82, 2.24) is 4.98 Å². The first-order valence-electron chi connectivity index (χ1n) is 7.38. The summed E-state index contributed by atoms with van der Waals surface area (Å²) in [4.78, 5) is 16.9. The molecule has 0 aliphatic rings. The topological polar surface area (TPSA) is 62.2 Å². The van der Waals surface area contributed by atoms with Gasteiger partial charge in [-0.05, 0) is 23.3 Å². The van der Waals surface area contributed by atoms with Gasteiger partial charge in [0.25, 0.3) is 5.91 Å². The van der Waals surface area contributed by atoms with E-state index in [-0.39, 0.29) is 11.0 Å². The van der Waals surface area contributed by atoms with Crippen molar-refractivity contribution in [3.63, 3.8) is 0 Å². The quantitative estimate of drug-likeness (QED) is 0.714. The number of pyridine rings is 1. The molecule has 1 heterocycles. The van der Waals surface area contributed by atoms with Crippen molar-refractivity contribution in [2.24, 2.45) is 0 Å². The Morgan fingerprint density at radius 3 is 1.92 bits per heavy atom. The van der Waals surface area contributed by atoms with Crippen molar-refractivity contribution < 1.29 is 9.90 Å². The highest BCUT2D eigenvalue weighted by atomic mass is 35.5. The van der Waals surface area contributed by atoms with Gasteiger partial charge in [0.2, 0.25) is 0 Å². The van der Waals surface area contributed by atoms with Crippen LogP contribution in [0.15, 0.2) is 78.9 Å². The zero-order chi connectivity index (χ0) is 17.0. The molecule has 24 heavy (non-hydrogen) atoms. The van der Waals surface area contributed by atoms with E-state index < -0.39 is 11.5 Å². The first-order valence-corrected chi connectivity index (χ1v) is 7.76. The van der Waals surface area contributed by atoms with E-state index in [0.717, 1.165) is 0 Å². The minimum atomic E-state index is -1.84. The van der Waals surface area contributed by atoms with Gasteiger partial charge in [-0.3, -0.25) is 4.79 Å². The maximum atomic E-state index is 12.9. The molecule has 2 N–H and O–H groups in total. The minimum Gasteiger partial charge on any atom is -0.372 e. The molecule has 5 heteroatoms. The molecule has 0 aliphatic carbocycles. The maximum absolute atomic E-state index is 12.9. The van der Waals surface area contributed by atoms with Crippen LogP contribution in [0.3, 0.4) is 0 Å². The Labute approximate surface area is 144 Å². The number of nitrogens with zero attached hydrogens (tertiary/aromatic N) is 1. The molecule has 0 saturated carbocycles. The zero-order valence-corrected chi connectivity index (χ0v) is 13.4. The lowest BCUT2D eigenvalue weighted by atomic mass is 9.85. The van der Waals surface area contributed by atoms with Crippen LogP contribution in [0.25, 0.3) is 0 Å². The summed E-state index contributed by atoms with van der Waals surface area (Å²) >= 11 is 5.85. The number of halogens is 1. The maximum Gasteiger partial charge on any atom is 0.266 e. The molecule has 0 aliphatic heterocycles. The lowest BCUT2D eigenvalue weighted by molar-refractivity contribution is -0.131. The third-order valence-corrected chi connectivity index (χ3v) is 3.88. The summed E-state index contributed by atoms with van der Waals surface area (Å²) in [6.07, 6.45) is 0. The molecule has 1 aromatic heterocycles. The molecule has 0 unspecified atom stereocenters. The van der Waals surface area contributed by atoms with Gasteiger partial charge < -0.3 is 10.4 Å². The molecule has 1 amide bonds. The Morgan fingerprint density at radius 1 is 0.875 bits per heavy atom.